The fourth-order valence-corrected chi connectivity index (χ4v) is 2.86. The van der Waals surface area contributed by atoms with Crippen molar-refractivity contribution >= 4 is 39.4 Å². The zero-order valence-electron chi connectivity index (χ0n) is 11.6. The van der Waals surface area contributed by atoms with Crippen molar-refractivity contribution in [2.24, 2.45) is 0 Å². The van der Waals surface area contributed by atoms with E-state index in [1.54, 1.807) is 14.2 Å². The highest BCUT2D eigenvalue weighted by Gasteiger charge is 2.14. The summed E-state index contributed by atoms with van der Waals surface area (Å²) in [5.41, 5.74) is 0.493. The van der Waals surface area contributed by atoms with E-state index in [-0.39, 0.29) is 0 Å². The highest BCUT2D eigenvalue weighted by Crippen LogP contribution is 2.38. The topological polar surface area (TPSA) is 35.5 Å². The van der Waals surface area contributed by atoms with Crippen LogP contribution in [0.4, 0.5) is 0 Å². The van der Waals surface area contributed by atoms with Gasteiger partial charge in [0.1, 0.15) is 11.5 Å². The van der Waals surface area contributed by atoms with Gasteiger partial charge in [-0.3, -0.25) is 4.79 Å². The molecule has 0 amide bonds. The molecule has 4 heteroatoms. The number of aldehydes is 1. The van der Waals surface area contributed by atoms with E-state index in [2.05, 4.69) is 0 Å². The standard InChI is InChI=1S/C17H13ClO3/c1-20-10-3-5-12-14(7-10)15-8-11(21-2)4-6-13(15)17(18)16(12)9-19/h3-9H,1-2H3. The molecule has 0 saturated carbocycles. The van der Waals surface area contributed by atoms with E-state index >= 15 is 0 Å². The van der Waals surface area contributed by atoms with Crippen LogP contribution in [-0.4, -0.2) is 20.5 Å². The number of ether oxygens (including phenoxy) is 2. The van der Waals surface area contributed by atoms with E-state index < -0.39 is 0 Å². The van der Waals surface area contributed by atoms with Crippen LogP contribution in [0.15, 0.2) is 36.4 Å². The first-order valence-electron chi connectivity index (χ1n) is 6.41. The lowest BCUT2D eigenvalue weighted by Crippen LogP contribution is -1.91. The Morgan fingerprint density at radius 2 is 1.38 bits per heavy atom. The summed E-state index contributed by atoms with van der Waals surface area (Å²) in [4.78, 5) is 11.4. The number of methoxy groups -OCH3 is 2. The Labute approximate surface area is 127 Å². The molecular weight excluding hydrogens is 288 g/mol. The van der Waals surface area contributed by atoms with Crippen LogP contribution in [0, 0.1) is 0 Å². The summed E-state index contributed by atoms with van der Waals surface area (Å²) in [5.74, 6) is 1.47. The summed E-state index contributed by atoms with van der Waals surface area (Å²) >= 11 is 6.39. The second-order valence-electron chi connectivity index (χ2n) is 4.67. The first-order valence-corrected chi connectivity index (χ1v) is 6.79. The van der Waals surface area contributed by atoms with Gasteiger partial charge in [0.05, 0.1) is 19.2 Å². The van der Waals surface area contributed by atoms with E-state index in [0.29, 0.717) is 10.6 Å². The van der Waals surface area contributed by atoms with Crippen molar-refractivity contribution in [3.8, 4) is 11.5 Å². The number of carbonyl (C=O) groups excluding carboxylic acids is 1. The molecule has 3 nitrogen and oxygen atoms in total. The van der Waals surface area contributed by atoms with Crippen molar-refractivity contribution in [2.75, 3.05) is 14.2 Å². The lowest BCUT2D eigenvalue weighted by Gasteiger charge is -2.12. The normalized spacial score (nSPS) is 10.8. The molecule has 0 unspecified atom stereocenters. The van der Waals surface area contributed by atoms with Gasteiger partial charge in [0.2, 0.25) is 0 Å². The number of hydrogen-bond acceptors (Lipinski definition) is 3. The minimum Gasteiger partial charge on any atom is -0.497 e. The highest BCUT2D eigenvalue weighted by molar-refractivity contribution is 6.40. The van der Waals surface area contributed by atoms with Crippen molar-refractivity contribution < 1.29 is 14.3 Å². The highest BCUT2D eigenvalue weighted by atomic mass is 35.5. The molecule has 0 atom stereocenters. The van der Waals surface area contributed by atoms with Gasteiger partial charge >= 0.3 is 0 Å². The third kappa shape index (κ3) is 2.10. The van der Waals surface area contributed by atoms with E-state index in [0.717, 1.165) is 39.3 Å². The van der Waals surface area contributed by atoms with Crippen molar-refractivity contribution in [1.82, 2.24) is 0 Å². The van der Waals surface area contributed by atoms with Crippen LogP contribution in [0.3, 0.4) is 0 Å². The van der Waals surface area contributed by atoms with Crippen LogP contribution in [0.1, 0.15) is 10.4 Å². The molecule has 0 aliphatic carbocycles. The molecule has 3 aromatic carbocycles. The molecule has 0 heterocycles. The van der Waals surface area contributed by atoms with Gasteiger partial charge < -0.3 is 9.47 Å². The fourth-order valence-electron chi connectivity index (χ4n) is 2.55. The number of carbonyl (C=O) groups is 1. The second-order valence-corrected chi connectivity index (χ2v) is 5.05. The van der Waals surface area contributed by atoms with E-state index in [4.69, 9.17) is 21.1 Å². The minimum absolute atomic E-state index is 0.459. The quantitative estimate of drug-likeness (QED) is 0.528. The molecule has 0 spiro atoms. The summed E-state index contributed by atoms with van der Waals surface area (Å²) in [5, 5.41) is 3.92. The smallest absolute Gasteiger partial charge is 0.152 e. The molecule has 106 valence electrons. The Balaban J connectivity index is 2.55. The summed E-state index contributed by atoms with van der Waals surface area (Å²) in [6.45, 7) is 0. The van der Waals surface area contributed by atoms with Gasteiger partial charge in [-0.15, -0.1) is 0 Å². The van der Waals surface area contributed by atoms with Gasteiger partial charge in [0.25, 0.3) is 0 Å². The molecule has 0 fully saturated rings. The van der Waals surface area contributed by atoms with Gasteiger partial charge in [-0.2, -0.15) is 0 Å². The van der Waals surface area contributed by atoms with Gasteiger partial charge in [0, 0.05) is 10.9 Å². The molecule has 0 bridgehead atoms. The Hall–Kier alpha value is -2.26. The molecule has 0 aromatic heterocycles. The average molecular weight is 301 g/mol. The Kier molecular flexibility index (Phi) is 3.43. The molecule has 0 N–H and O–H groups in total. The molecular formula is C17H13ClO3. The largest absolute Gasteiger partial charge is 0.497 e. The summed E-state index contributed by atoms with van der Waals surface area (Å²) in [6.07, 6.45) is 0.792. The Morgan fingerprint density at radius 1 is 0.857 bits per heavy atom. The number of halogens is 1. The molecule has 3 aromatic rings. The van der Waals surface area contributed by atoms with Crippen molar-refractivity contribution in [3.63, 3.8) is 0 Å². The van der Waals surface area contributed by atoms with Crippen LogP contribution in [-0.2, 0) is 0 Å². The molecule has 0 radical (unpaired) electrons. The average Bonchev–Trinajstić information content (AvgIpc) is 2.54. The van der Waals surface area contributed by atoms with Crippen molar-refractivity contribution in [2.45, 2.75) is 0 Å². The maximum atomic E-state index is 11.4. The lowest BCUT2D eigenvalue weighted by molar-refractivity contribution is 0.112. The molecule has 0 saturated heterocycles. The predicted molar refractivity (Wildman–Crippen MR) is 85.0 cm³/mol. The molecule has 3 rings (SSSR count). The second kappa shape index (κ2) is 5.26. The zero-order chi connectivity index (χ0) is 15.0. The van der Waals surface area contributed by atoms with E-state index in [1.165, 1.54) is 0 Å². The van der Waals surface area contributed by atoms with Gasteiger partial charge in [-0.25, -0.2) is 0 Å². The first kappa shape index (κ1) is 13.7. The molecule has 0 aliphatic rings. The SMILES string of the molecule is COc1ccc2c(Cl)c(C=O)c3ccc(OC)cc3c2c1. The summed E-state index contributed by atoms with van der Waals surface area (Å²) in [6, 6.07) is 11.2. The summed E-state index contributed by atoms with van der Waals surface area (Å²) in [7, 11) is 3.23. The Bertz CT molecular complexity index is 856. The predicted octanol–water partition coefficient (Wildman–Crippen LogP) is 4.48. The monoisotopic (exact) mass is 300 g/mol. The molecule has 0 aliphatic heterocycles. The van der Waals surface area contributed by atoms with Gasteiger partial charge in [0.15, 0.2) is 6.29 Å². The fraction of sp³-hybridized carbons (Fsp3) is 0.118. The third-order valence-electron chi connectivity index (χ3n) is 3.62. The van der Waals surface area contributed by atoms with Crippen LogP contribution in [0.5, 0.6) is 11.5 Å². The van der Waals surface area contributed by atoms with Crippen LogP contribution in [0.25, 0.3) is 21.5 Å². The Morgan fingerprint density at radius 3 is 1.90 bits per heavy atom. The maximum Gasteiger partial charge on any atom is 0.152 e. The van der Waals surface area contributed by atoms with Crippen LogP contribution < -0.4 is 9.47 Å². The maximum absolute atomic E-state index is 11.4. The van der Waals surface area contributed by atoms with Crippen molar-refractivity contribution in [1.29, 1.82) is 0 Å². The van der Waals surface area contributed by atoms with Gasteiger partial charge in [-0.05, 0) is 52.6 Å². The van der Waals surface area contributed by atoms with E-state index in [9.17, 15) is 4.79 Å². The first-order chi connectivity index (χ1) is 10.2. The molecule has 21 heavy (non-hydrogen) atoms. The zero-order valence-corrected chi connectivity index (χ0v) is 12.4. The summed E-state index contributed by atoms with van der Waals surface area (Å²) < 4.78 is 10.6. The minimum atomic E-state index is 0.459. The van der Waals surface area contributed by atoms with Crippen LogP contribution in [0.2, 0.25) is 5.02 Å². The number of fused-ring (bicyclic) bond motifs is 3. The van der Waals surface area contributed by atoms with E-state index in [1.807, 2.05) is 36.4 Å². The number of hydrogen-bond donors (Lipinski definition) is 0. The number of rotatable bonds is 3. The van der Waals surface area contributed by atoms with Gasteiger partial charge in [-0.1, -0.05) is 11.6 Å². The third-order valence-corrected chi connectivity index (χ3v) is 4.03. The lowest BCUT2D eigenvalue weighted by atomic mass is 9.97. The van der Waals surface area contributed by atoms with Crippen molar-refractivity contribution in [3.05, 3.63) is 47.0 Å². The number of benzene rings is 3. The van der Waals surface area contributed by atoms with Crippen LogP contribution >= 0.6 is 11.6 Å².